The summed E-state index contributed by atoms with van der Waals surface area (Å²) in [6.45, 7) is 5.95. The van der Waals surface area contributed by atoms with Crippen LogP contribution in [0.2, 0.25) is 0 Å². The maximum atomic E-state index is 17.2. The molecule has 0 spiro atoms. The van der Waals surface area contributed by atoms with Crippen molar-refractivity contribution < 1.29 is 13.6 Å². The normalized spacial score (nSPS) is 16.9. The number of piperidine rings is 1. The highest BCUT2D eigenvalue weighted by Gasteiger charge is 2.42. The predicted octanol–water partition coefficient (Wildman–Crippen LogP) is 6.55. The summed E-state index contributed by atoms with van der Waals surface area (Å²) in [4.78, 5) is 23.7. The summed E-state index contributed by atoms with van der Waals surface area (Å²) >= 11 is 0. The van der Waals surface area contributed by atoms with Gasteiger partial charge in [-0.05, 0) is 75.5 Å². The lowest BCUT2D eigenvalue weighted by Gasteiger charge is -2.52. The minimum Gasteiger partial charge on any atom is -0.352 e. The quantitative estimate of drug-likeness (QED) is 0.197. The van der Waals surface area contributed by atoms with Gasteiger partial charge in [-0.1, -0.05) is 30.3 Å². The van der Waals surface area contributed by atoms with E-state index >= 15 is 4.39 Å². The summed E-state index contributed by atoms with van der Waals surface area (Å²) in [6, 6.07) is 15.5. The first kappa shape index (κ1) is 30.8. The van der Waals surface area contributed by atoms with E-state index in [9.17, 15) is 14.4 Å². The number of carbonyl (C=O) groups excluding carboxylic acids is 1. The molecule has 0 atom stereocenters. The van der Waals surface area contributed by atoms with Crippen LogP contribution in [0.5, 0.6) is 0 Å². The maximum absolute atomic E-state index is 17.2. The average Bonchev–Trinajstić information content (AvgIpc) is 3.51. The fourth-order valence-corrected chi connectivity index (χ4v) is 7.30. The van der Waals surface area contributed by atoms with E-state index in [0.717, 1.165) is 40.3 Å². The van der Waals surface area contributed by atoms with E-state index in [-0.39, 0.29) is 23.0 Å². The third kappa shape index (κ3) is 5.01. The van der Waals surface area contributed by atoms with Crippen LogP contribution in [0, 0.1) is 24.1 Å². The molecule has 0 unspecified atom stereocenters. The van der Waals surface area contributed by atoms with Crippen LogP contribution in [0.15, 0.2) is 60.8 Å². The molecular weight excluding hydrogens is 596 g/mol. The molecule has 2 aromatic heterocycles. The third-order valence-corrected chi connectivity index (χ3v) is 10.2. The summed E-state index contributed by atoms with van der Waals surface area (Å²) in [5.74, 6) is 0.0850. The highest BCUT2D eigenvalue weighted by atomic mass is 19.1. The number of nitrogens with zero attached hydrogens (tertiary/aromatic N) is 7. The largest absolute Gasteiger partial charge is 0.352 e. The number of hydrogen-bond acceptors (Lipinski definition) is 6. The van der Waals surface area contributed by atoms with E-state index in [1.54, 1.807) is 11.0 Å². The number of anilines is 1. The molecule has 2 aliphatic rings. The van der Waals surface area contributed by atoms with Gasteiger partial charge in [0.25, 0.3) is 0 Å². The zero-order valence-electron chi connectivity index (χ0n) is 27.1. The Labute approximate surface area is 272 Å². The number of fused-ring (bicyclic) bond motifs is 4. The molecule has 2 saturated heterocycles. The van der Waals surface area contributed by atoms with Gasteiger partial charge in [0, 0.05) is 48.6 Å². The number of aryl methyl sites for hydroxylation is 1. The topological polar surface area (TPSA) is 81.3 Å². The van der Waals surface area contributed by atoms with E-state index in [4.69, 9.17) is 10.1 Å². The molecule has 8 nitrogen and oxygen atoms in total. The Bertz CT molecular complexity index is 2110. The van der Waals surface area contributed by atoms with Crippen LogP contribution in [0.25, 0.3) is 43.7 Å². The number of benzene rings is 3. The van der Waals surface area contributed by atoms with Gasteiger partial charge in [0.05, 0.1) is 40.3 Å². The van der Waals surface area contributed by atoms with Crippen molar-refractivity contribution in [3.05, 3.63) is 77.8 Å². The van der Waals surface area contributed by atoms with E-state index in [0.29, 0.717) is 53.8 Å². The van der Waals surface area contributed by atoms with Crippen LogP contribution in [-0.4, -0.2) is 83.0 Å². The number of aromatic nitrogens is 3. The van der Waals surface area contributed by atoms with E-state index in [1.165, 1.54) is 12.2 Å². The van der Waals surface area contributed by atoms with Gasteiger partial charge in [-0.15, -0.1) is 0 Å². The van der Waals surface area contributed by atoms with Crippen molar-refractivity contribution in [2.75, 3.05) is 51.8 Å². The van der Waals surface area contributed by atoms with Gasteiger partial charge in [-0.25, -0.2) is 13.8 Å². The molecule has 1 amide bonds. The van der Waals surface area contributed by atoms with Crippen molar-refractivity contribution in [2.45, 2.75) is 38.3 Å². The Morgan fingerprint density at radius 1 is 1.15 bits per heavy atom. The number of halogens is 2. The number of likely N-dealkylation sites (tertiary alicyclic amines) is 1. The first-order valence-electron chi connectivity index (χ1n) is 16.0. The first-order chi connectivity index (χ1) is 22.6. The van der Waals surface area contributed by atoms with Crippen molar-refractivity contribution in [1.29, 1.82) is 5.26 Å². The van der Waals surface area contributed by atoms with Gasteiger partial charge in [0.2, 0.25) is 5.91 Å². The van der Waals surface area contributed by atoms with Crippen molar-refractivity contribution in [1.82, 2.24) is 24.6 Å². The summed E-state index contributed by atoms with van der Waals surface area (Å²) in [5, 5.41) is 18.0. The molecule has 0 aliphatic carbocycles. The number of amides is 1. The molecular formula is C37H37F2N7O. The molecule has 0 bridgehead atoms. The summed E-state index contributed by atoms with van der Waals surface area (Å²) in [5.41, 5.74) is 3.39. The van der Waals surface area contributed by atoms with Gasteiger partial charge < -0.3 is 14.7 Å². The molecule has 3 aromatic carbocycles. The van der Waals surface area contributed by atoms with E-state index in [2.05, 4.69) is 36.9 Å². The Morgan fingerprint density at radius 3 is 2.55 bits per heavy atom. The number of likely N-dealkylation sites (N-methyl/N-ethyl adjacent to an activating group) is 1. The average molecular weight is 634 g/mol. The second-order valence-electron chi connectivity index (χ2n) is 13.2. The molecule has 10 heteroatoms. The fourth-order valence-electron chi connectivity index (χ4n) is 7.30. The van der Waals surface area contributed by atoms with Crippen molar-refractivity contribution in [3.8, 4) is 17.2 Å². The van der Waals surface area contributed by atoms with Crippen molar-refractivity contribution >= 4 is 44.3 Å². The Balaban J connectivity index is 1.40. The third-order valence-electron chi connectivity index (χ3n) is 10.2. The lowest BCUT2D eigenvalue weighted by Crippen LogP contribution is -2.67. The number of rotatable bonds is 6. The number of nitriles is 1. The van der Waals surface area contributed by atoms with Crippen LogP contribution in [-0.2, 0) is 4.79 Å². The zero-order chi connectivity index (χ0) is 33.0. The summed E-state index contributed by atoms with van der Waals surface area (Å²) in [6.07, 6.45) is 5.70. The molecule has 47 heavy (non-hydrogen) atoms. The number of hydrogen-bond donors (Lipinski definition) is 0. The fraction of sp³-hybridized carbons (Fsp3) is 0.351. The second-order valence-corrected chi connectivity index (χ2v) is 13.2. The molecule has 7 rings (SSSR count). The van der Waals surface area contributed by atoms with Gasteiger partial charge >= 0.3 is 0 Å². The first-order valence-corrected chi connectivity index (χ1v) is 16.0. The van der Waals surface area contributed by atoms with E-state index < -0.39 is 12.5 Å². The summed E-state index contributed by atoms with van der Waals surface area (Å²) < 4.78 is 31.8. The van der Waals surface area contributed by atoms with Crippen LogP contribution in [0.4, 0.5) is 14.6 Å². The Kier molecular flexibility index (Phi) is 7.68. The van der Waals surface area contributed by atoms with Crippen LogP contribution >= 0.6 is 0 Å². The predicted molar refractivity (Wildman–Crippen MR) is 182 cm³/mol. The van der Waals surface area contributed by atoms with Gasteiger partial charge in [0.1, 0.15) is 18.0 Å². The van der Waals surface area contributed by atoms with Crippen LogP contribution < -0.4 is 4.90 Å². The maximum Gasteiger partial charge on any atom is 0.246 e. The number of pyridine rings is 1. The molecule has 4 heterocycles. The highest BCUT2D eigenvalue weighted by Crippen LogP contribution is 2.43. The molecule has 2 fully saturated rings. The molecule has 0 radical (unpaired) electrons. The summed E-state index contributed by atoms with van der Waals surface area (Å²) in [7, 11) is 4.13. The molecule has 2 aliphatic heterocycles. The lowest BCUT2D eigenvalue weighted by atomic mass is 9.89. The highest BCUT2D eigenvalue weighted by molar-refractivity contribution is 6.11. The van der Waals surface area contributed by atoms with Crippen LogP contribution in [0.1, 0.15) is 36.9 Å². The van der Waals surface area contributed by atoms with Crippen molar-refractivity contribution in [3.63, 3.8) is 0 Å². The van der Waals surface area contributed by atoms with Gasteiger partial charge in [-0.3, -0.25) is 9.48 Å². The molecule has 5 aromatic rings. The monoisotopic (exact) mass is 633 g/mol. The minimum atomic E-state index is -0.673. The molecule has 0 saturated carbocycles. The number of alkyl halides is 1. The lowest BCUT2D eigenvalue weighted by molar-refractivity contribution is -0.127. The minimum absolute atomic E-state index is 0.0112. The standard InChI is InChI=1S/C37H37F2N7O/c1-23-18-28-34(33(39)31(23)27-11-6-9-24-8-5-10-25(19-40)32(24)27)42-36(45-21-37(2,22-45)43(3)4)29-20-41-46(35(28)29)26-13-16-44(17-14-26)30(47)12-7-15-38/h5-12,18,20,26H,13-17,21-22H2,1-4H3/b12-7+. The van der Waals surface area contributed by atoms with Crippen LogP contribution in [0.3, 0.4) is 0 Å². The Morgan fingerprint density at radius 2 is 1.87 bits per heavy atom. The second kappa shape index (κ2) is 11.7. The van der Waals surface area contributed by atoms with Crippen molar-refractivity contribution in [2.24, 2.45) is 0 Å². The SMILES string of the molecule is Cc1cc2c(nc(N3CC(C)(N(C)C)C3)c3cnn(C4CCN(C(=O)/C=C/CF)CC4)c32)c(F)c1-c1cccc2cccc(C#N)c12. The molecule has 0 N–H and O–H groups in total. The molecule has 240 valence electrons. The number of carbonyl (C=O) groups is 1. The zero-order valence-corrected chi connectivity index (χ0v) is 27.1. The van der Waals surface area contributed by atoms with Gasteiger partial charge in [-0.2, -0.15) is 10.4 Å². The number of allylic oxidation sites excluding steroid dienone is 1. The van der Waals surface area contributed by atoms with Gasteiger partial charge in [0.15, 0.2) is 5.82 Å². The van der Waals surface area contributed by atoms with E-state index in [1.807, 2.05) is 54.2 Å². The Hall–Kier alpha value is -4.88. The smallest absolute Gasteiger partial charge is 0.246 e.